The van der Waals surface area contributed by atoms with Crippen LogP contribution in [0.15, 0.2) is 65.5 Å². The molecule has 0 aliphatic heterocycles. The molecule has 4 rings (SSSR count). The van der Waals surface area contributed by atoms with Gasteiger partial charge in [-0.05, 0) is 42.5 Å². The first-order valence-corrected chi connectivity index (χ1v) is 12.5. The number of esters is 1. The van der Waals surface area contributed by atoms with E-state index < -0.39 is 35.7 Å². The summed E-state index contributed by atoms with van der Waals surface area (Å²) >= 11 is 0. The number of aromatic amines is 1. The van der Waals surface area contributed by atoms with Crippen molar-refractivity contribution in [1.82, 2.24) is 14.8 Å². The molecular weight excluding hydrogens is 608 g/mol. The highest BCUT2D eigenvalue weighted by molar-refractivity contribution is 5.95. The quantitative estimate of drug-likeness (QED) is 0.0785. The van der Waals surface area contributed by atoms with Crippen molar-refractivity contribution in [2.24, 2.45) is 5.73 Å². The van der Waals surface area contributed by atoms with E-state index in [1.54, 1.807) is 36.4 Å². The molecule has 0 radical (unpaired) electrons. The Kier molecular flexibility index (Phi) is 10.5. The van der Waals surface area contributed by atoms with Crippen LogP contribution in [-0.4, -0.2) is 65.2 Å². The number of rotatable bonds is 9. The van der Waals surface area contributed by atoms with Crippen molar-refractivity contribution in [3.05, 3.63) is 99.5 Å². The van der Waals surface area contributed by atoms with E-state index in [1.165, 1.54) is 45.6 Å². The number of carboxylic acid groups (broad SMARTS) is 1. The minimum Gasteiger partial charge on any atom is -0.493 e. The van der Waals surface area contributed by atoms with Gasteiger partial charge in [-0.1, -0.05) is 12.1 Å². The summed E-state index contributed by atoms with van der Waals surface area (Å²) in [4.78, 5) is 36.8. The van der Waals surface area contributed by atoms with Crippen LogP contribution in [0.1, 0.15) is 33.4 Å². The van der Waals surface area contributed by atoms with Crippen LogP contribution in [0.2, 0.25) is 0 Å². The Balaban J connectivity index is 0.000000707. The molecule has 238 valence electrons. The Labute approximate surface area is 251 Å². The van der Waals surface area contributed by atoms with Gasteiger partial charge in [0.1, 0.15) is 17.7 Å². The normalized spacial score (nSPS) is 11.4. The van der Waals surface area contributed by atoms with Crippen LogP contribution in [0.4, 0.5) is 23.2 Å². The van der Waals surface area contributed by atoms with E-state index in [4.69, 9.17) is 35.3 Å². The molecule has 17 heteroatoms. The number of halogens is 4. The Morgan fingerprint density at radius 2 is 1.62 bits per heavy atom. The van der Waals surface area contributed by atoms with Gasteiger partial charge in [0.25, 0.3) is 0 Å². The lowest BCUT2D eigenvalue weighted by Crippen LogP contribution is -2.21. The number of carbonyl (C=O) groups excluding carboxylic acids is 1. The van der Waals surface area contributed by atoms with Gasteiger partial charge < -0.3 is 30.4 Å². The summed E-state index contributed by atoms with van der Waals surface area (Å²) in [5, 5.41) is 22.3. The molecule has 0 aliphatic rings. The van der Waals surface area contributed by atoms with Crippen LogP contribution in [-0.2, 0) is 9.53 Å². The Hall–Kier alpha value is -5.87. The van der Waals surface area contributed by atoms with Gasteiger partial charge in [-0.15, -0.1) is 5.10 Å². The summed E-state index contributed by atoms with van der Waals surface area (Å²) < 4.78 is 63.5. The number of aromatic nitrogens is 3. The number of carboxylic acids is 1. The highest BCUT2D eigenvalue weighted by atomic mass is 19.4. The Morgan fingerprint density at radius 1 is 1.04 bits per heavy atom. The van der Waals surface area contributed by atoms with E-state index in [2.05, 4.69) is 15.4 Å². The zero-order valence-corrected chi connectivity index (χ0v) is 23.7. The number of para-hydroxylation sites is 1. The number of H-pyrrole nitrogens is 1. The van der Waals surface area contributed by atoms with E-state index in [9.17, 15) is 22.8 Å². The molecule has 0 amide bonds. The van der Waals surface area contributed by atoms with Gasteiger partial charge in [-0.25, -0.2) is 18.8 Å². The van der Waals surface area contributed by atoms with Crippen LogP contribution in [0.5, 0.6) is 11.5 Å². The second-order valence-corrected chi connectivity index (χ2v) is 8.84. The second kappa shape index (κ2) is 14.1. The maximum atomic E-state index is 15.4. The average Bonchev–Trinajstić information content (AvgIpc) is 3.40. The fourth-order valence-corrected chi connectivity index (χ4v) is 3.87. The number of hydrogen-bond donors (Lipinski definition) is 5. The van der Waals surface area contributed by atoms with Crippen molar-refractivity contribution in [2.75, 3.05) is 26.6 Å². The first-order chi connectivity index (χ1) is 21.2. The molecule has 0 saturated carbocycles. The molecule has 1 atom stereocenters. The number of methoxy groups -OCH3 is 3. The third-order valence-corrected chi connectivity index (χ3v) is 6.01. The number of ether oxygens (including phenoxy) is 3. The molecule has 0 fully saturated rings. The first-order valence-electron chi connectivity index (χ1n) is 12.5. The number of nitrogen functional groups attached to an aromatic ring is 1. The van der Waals surface area contributed by atoms with Gasteiger partial charge in [0.05, 0.1) is 32.6 Å². The van der Waals surface area contributed by atoms with Crippen molar-refractivity contribution in [1.29, 1.82) is 5.41 Å². The van der Waals surface area contributed by atoms with E-state index in [0.717, 1.165) is 4.68 Å². The van der Waals surface area contributed by atoms with Gasteiger partial charge in [-0.3, -0.25) is 10.4 Å². The smallest absolute Gasteiger partial charge is 0.490 e. The van der Waals surface area contributed by atoms with Crippen LogP contribution < -0.4 is 26.2 Å². The zero-order chi connectivity index (χ0) is 33.5. The largest absolute Gasteiger partial charge is 0.493 e. The Morgan fingerprint density at radius 3 is 2.16 bits per heavy atom. The monoisotopic (exact) mass is 634 g/mol. The lowest BCUT2D eigenvalue weighted by molar-refractivity contribution is -0.192. The fraction of sp³-hybridized carbons (Fsp3) is 0.179. The zero-order valence-electron chi connectivity index (χ0n) is 23.7. The minimum atomic E-state index is -5.08. The van der Waals surface area contributed by atoms with Crippen LogP contribution in [0.3, 0.4) is 0 Å². The number of carbonyl (C=O) groups is 2. The molecule has 3 aromatic carbocycles. The molecule has 4 aromatic rings. The van der Waals surface area contributed by atoms with Crippen LogP contribution in [0.25, 0.3) is 5.69 Å². The maximum absolute atomic E-state index is 15.4. The highest BCUT2D eigenvalue weighted by Gasteiger charge is 2.38. The Bertz CT molecular complexity index is 1750. The summed E-state index contributed by atoms with van der Waals surface area (Å²) in [5.41, 5.74) is 6.32. The molecule has 0 bridgehead atoms. The van der Waals surface area contributed by atoms with E-state index in [0.29, 0.717) is 11.3 Å². The predicted octanol–water partition coefficient (Wildman–Crippen LogP) is 3.62. The van der Waals surface area contributed by atoms with E-state index in [1.807, 2.05) is 0 Å². The third kappa shape index (κ3) is 7.95. The van der Waals surface area contributed by atoms with Gasteiger partial charge in [0.2, 0.25) is 0 Å². The number of amidine groups is 1. The van der Waals surface area contributed by atoms with E-state index in [-0.39, 0.29) is 40.0 Å². The highest BCUT2D eigenvalue weighted by Crippen LogP contribution is 2.35. The number of hydrogen-bond acceptors (Lipinski definition) is 9. The lowest BCUT2D eigenvalue weighted by Gasteiger charge is -2.20. The molecule has 0 saturated heterocycles. The third-order valence-electron chi connectivity index (χ3n) is 6.01. The summed E-state index contributed by atoms with van der Waals surface area (Å²) in [6.07, 6.45) is -5.08. The topological polar surface area (TPSA) is 195 Å². The summed E-state index contributed by atoms with van der Waals surface area (Å²) in [5.74, 6) is -3.66. The number of nitrogens with zero attached hydrogens (tertiary/aromatic N) is 2. The molecule has 1 aromatic heterocycles. The SMILES string of the molecule is COC(=O)c1ccccc1-n1nc(C(Nc2ccc(C(=N)N)cc2)c2cc(OC)c(OC)cc2F)[nH]c1=O.O=C(O)C(F)(F)F. The molecular formula is C28H26F4N6O7. The van der Waals surface area contributed by atoms with Crippen molar-refractivity contribution >= 4 is 23.5 Å². The van der Waals surface area contributed by atoms with Crippen molar-refractivity contribution in [3.63, 3.8) is 0 Å². The number of aliphatic carboxylic acids is 1. The lowest BCUT2D eigenvalue weighted by atomic mass is 10.0. The number of alkyl halides is 3. The standard InChI is InChI=1S/C26H25FN6O5.C2HF3O2/c1-36-20-12-17(18(27)13-21(20)37-2)22(30-15-10-8-14(9-11-15)23(28)29)24-31-26(35)33(32-24)19-7-5-4-6-16(19)25(34)38-3;3-2(4,5)1(6)7/h4-13,22,30H,1-3H3,(H3,28,29)(H,31,32,35);(H,6,7). The predicted molar refractivity (Wildman–Crippen MR) is 152 cm³/mol. The maximum Gasteiger partial charge on any atom is 0.490 e. The number of nitrogens with two attached hydrogens (primary N) is 1. The summed E-state index contributed by atoms with van der Waals surface area (Å²) in [6.45, 7) is 0. The molecule has 13 nitrogen and oxygen atoms in total. The van der Waals surface area contributed by atoms with Crippen LogP contribution in [0, 0.1) is 11.2 Å². The van der Waals surface area contributed by atoms with Crippen molar-refractivity contribution in [3.8, 4) is 17.2 Å². The van der Waals surface area contributed by atoms with Gasteiger partial charge in [-0.2, -0.15) is 17.9 Å². The van der Waals surface area contributed by atoms with Gasteiger partial charge >= 0.3 is 23.8 Å². The summed E-state index contributed by atoms with van der Waals surface area (Å²) in [6, 6.07) is 14.5. The van der Waals surface area contributed by atoms with Gasteiger partial charge in [0.15, 0.2) is 17.3 Å². The molecule has 0 spiro atoms. The van der Waals surface area contributed by atoms with Crippen molar-refractivity contribution < 1.29 is 46.5 Å². The molecule has 6 N–H and O–H groups in total. The van der Waals surface area contributed by atoms with Gasteiger partial charge in [0, 0.05) is 22.9 Å². The molecule has 1 heterocycles. The summed E-state index contributed by atoms with van der Waals surface area (Å²) in [7, 11) is 4.04. The first kappa shape index (κ1) is 33.6. The van der Waals surface area contributed by atoms with Crippen molar-refractivity contribution in [2.45, 2.75) is 12.2 Å². The average molecular weight is 635 g/mol. The molecule has 0 aliphatic carbocycles. The minimum absolute atomic E-state index is 0.0523. The number of benzene rings is 3. The fourth-order valence-electron chi connectivity index (χ4n) is 3.87. The number of anilines is 1. The molecule has 45 heavy (non-hydrogen) atoms. The second-order valence-electron chi connectivity index (χ2n) is 8.84. The van der Waals surface area contributed by atoms with E-state index >= 15 is 4.39 Å². The molecule has 1 unspecified atom stereocenters. The van der Waals surface area contributed by atoms with Crippen LogP contribution >= 0.6 is 0 Å². The number of nitrogens with one attached hydrogen (secondary N) is 3.